The number of fused-ring (bicyclic) bond motifs is 1. The molecule has 0 saturated carbocycles. The number of aliphatic hydroxyl groups is 1. The van der Waals surface area contributed by atoms with E-state index in [-0.39, 0.29) is 12.1 Å². The number of ether oxygens (including phenoxy) is 1. The van der Waals surface area contributed by atoms with Crippen molar-refractivity contribution in [3.63, 3.8) is 0 Å². The highest BCUT2D eigenvalue weighted by molar-refractivity contribution is 5.88. The van der Waals surface area contributed by atoms with E-state index in [2.05, 4.69) is 38.2 Å². The molecular weight excluding hydrogens is 250 g/mol. The number of rotatable bonds is 5. The zero-order valence-corrected chi connectivity index (χ0v) is 12.4. The Morgan fingerprint density at radius 3 is 2.55 bits per heavy atom. The SMILES string of the molecule is CC(C)(C)NC[C@@H](O)COc1cccc2ccccc12. The van der Waals surface area contributed by atoms with Crippen molar-refractivity contribution in [2.75, 3.05) is 13.2 Å². The minimum atomic E-state index is -0.520. The normalized spacial score (nSPS) is 13.4. The van der Waals surface area contributed by atoms with E-state index in [4.69, 9.17) is 4.74 Å². The summed E-state index contributed by atoms with van der Waals surface area (Å²) in [6.07, 6.45) is -0.520. The first kappa shape index (κ1) is 14.8. The molecule has 0 aliphatic rings. The average Bonchev–Trinajstić information content (AvgIpc) is 2.42. The molecule has 2 rings (SSSR count). The molecule has 20 heavy (non-hydrogen) atoms. The Morgan fingerprint density at radius 1 is 1.10 bits per heavy atom. The summed E-state index contributed by atoms with van der Waals surface area (Å²) < 4.78 is 5.76. The third kappa shape index (κ3) is 4.22. The quantitative estimate of drug-likeness (QED) is 0.880. The Labute approximate surface area is 120 Å². The van der Waals surface area contributed by atoms with Gasteiger partial charge in [0.2, 0.25) is 0 Å². The van der Waals surface area contributed by atoms with Crippen LogP contribution in [0.1, 0.15) is 20.8 Å². The fourth-order valence-electron chi connectivity index (χ4n) is 1.99. The molecule has 2 aromatic rings. The first-order chi connectivity index (χ1) is 9.46. The van der Waals surface area contributed by atoms with Crippen LogP contribution in [0.2, 0.25) is 0 Å². The summed E-state index contributed by atoms with van der Waals surface area (Å²) in [6.45, 7) is 7.03. The fraction of sp³-hybridized carbons (Fsp3) is 0.412. The maximum absolute atomic E-state index is 9.96. The Kier molecular flexibility index (Phi) is 4.63. The van der Waals surface area contributed by atoms with Gasteiger partial charge in [-0.25, -0.2) is 0 Å². The lowest BCUT2D eigenvalue weighted by atomic mass is 10.1. The van der Waals surface area contributed by atoms with E-state index in [9.17, 15) is 5.11 Å². The predicted molar refractivity (Wildman–Crippen MR) is 83.2 cm³/mol. The summed E-state index contributed by atoms with van der Waals surface area (Å²) in [6, 6.07) is 14.1. The maximum atomic E-state index is 9.96. The number of nitrogens with one attached hydrogen (secondary N) is 1. The molecule has 0 fully saturated rings. The molecule has 2 aromatic carbocycles. The smallest absolute Gasteiger partial charge is 0.127 e. The lowest BCUT2D eigenvalue weighted by Crippen LogP contribution is -2.42. The number of hydrogen-bond acceptors (Lipinski definition) is 3. The third-order valence-electron chi connectivity index (χ3n) is 3.05. The van der Waals surface area contributed by atoms with Crippen molar-refractivity contribution < 1.29 is 9.84 Å². The van der Waals surface area contributed by atoms with Crippen LogP contribution in [0.4, 0.5) is 0 Å². The van der Waals surface area contributed by atoms with Crippen molar-refractivity contribution in [1.29, 1.82) is 0 Å². The molecule has 108 valence electrons. The molecule has 0 unspecified atom stereocenters. The van der Waals surface area contributed by atoms with E-state index < -0.39 is 6.10 Å². The van der Waals surface area contributed by atoms with Crippen LogP contribution in [0.3, 0.4) is 0 Å². The number of hydrogen-bond donors (Lipinski definition) is 2. The minimum Gasteiger partial charge on any atom is -0.490 e. The van der Waals surface area contributed by atoms with Gasteiger partial charge in [0.25, 0.3) is 0 Å². The summed E-state index contributed by atoms with van der Waals surface area (Å²) >= 11 is 0. The van der Waals surface area contributed by atoms with Crippen LogP contribution in [-0.4, -0.2) is 29.9 Å². The zero-order chi connectivity index (χ0) is 14.6. The zero-order valence-electron chi connectivity index (χ0n) is 12.4. The summed E-state index contributed by atoms with van der Waals surface area (Å²) in [5.41, 5.74) is 0.000420. The van der Waals surface area contributed by atoms with Crippen molar-refractivity contribution in [1.82, 2.24) is 5.32 Å². The number of aliphatic hydroxyl groups excluding tert-OH is 1. The van der Waals surface area contributed by atoms with E-state index in [1.54, 1.807) is 0 Å². The van der Waals surface area contributed by atoms with Crippen molar-refractivity contribution in [3.05, 3.63) is 42.5 Å². The summed E-state index contributed by atoms with van der Waals surface area (Å²) in [7, 11) is 0. The van der Waals surface area contributed by atoms with E-state index in [1.165, 1.54) is 0 Å². The molecule has 1 atom stereocenters. The fourth-order valence-corrected chi connectivity index (χ4v) is 1.99. The molecule has 3 nitrogen and oxygen atoms in total. The van der Waals surface area contributed by atoms with Gasteiger partial charge in [0.1, 0.15) is 18.5 Å². The van der Waals surface area contributed by atoms with Crippen LogP contribution in [0, 0.1) is 0 Å². The van der Waals surface area contributed by atoms with Gasteiger partial charge < -0.3 is 15.2 Å². The van der Waals surface area contributed by atoms with Crippen LogP contribution in [-0.2, 0) is 0 Å². The average molecular weight is 273 g/mol. The van der Waals surface area contributed by atoms with E-state index >= 15 is 0 Å². The van der Waals surface area contributed by atoms with Crippen LogP contribution < -0.4 is 10.1 Å². The van der Waals surface area contributed by atoms with Crippen molar-refractivity contribution >= 4 is 10.8 Å². The molecule has 0 spiro atoms. The van der Waals surface area contributed by atoms with Gasteiger partial charge >= 0.3 is 0 Å². The van der Waals surface area contributed by atoms with Gasteiger partial charge in [0.05, 0.1) is 0 Å². The molecule has 0 amide bonds. The molecule has 0 aromatic heterocycles. The van der Waals surface area contributed by atoms with Crippen molar-refractivity contribution in [2.24, 2.45) is 0 Å². The summed E-state index contributed by atoms with van der Waals surface area (Å²) in [5, 5.41) is 15.4. The molecule has 0 radical (unpaired) electrons. The monoisotopic (exact) mass is 273 g/mol. The highest BCUT2D eigenvalue weighted by Crippen LogP contribution is 2.25. The Morgan fingerprint density at radius 2 is 1.80 bits per heavy atom. The van der Waals surface area contributed by atoms with Gasteiger partial charge in [-0.1, -0.05) is 36.4 Å². The first-order valence-electron chi connectivity index (χ1n) is 6.99. The molecule has 3 heteroatoms. The molecular formula is C17H23NO2. The highest BCUT2D eigenvalue weighted by atomic mass is 16.5. The van der Waals surface area contributed by atoms with E-state index in [0.717, 1.165) is 16.5 Å². The van der Waals surface area contributed by atoms with Crippen LogP contribution in [0.15, 0.2) is 42.5 Å². The second-order valence-corrected chi connectivity index (χ2v) is 6.07. The highest BCUT2D eigenvalue weighted by Gasteiger charge is 2.13. The Balaban J connectivity index is 1.96. The minimum absolute atomic E-state index is 0.000420. The van der Waals surface area contributed by atoms with E-state index in [1.807, 2.05) is 30.3 Å². The molecule has 0 heterocycles. The summed E-state index contributed by atoms with van der Waals surface area (Å²) in [5.74, 6) is 0.818. The van der Waals surface area contributed by atoms with Gasteiger partial charge in [0.15, 0.2) is 0 Å². The van der Waals surface area contributed by atoms with Gasteiger partial charge in [-0.15, -0.1) is 0 Å². The predicted octanol–water partition coefficient (Wildman–Crippen LogP) is 2.97. The first-order valence-corrected chi connectivity index (χ1v) is 6.99. The molecule has 0 saturated heterocycles. The lowest BCUT2D eigenvalue weighted by Gasteiger charge is -2.23. The van der Waals surface area contributed by atoms with Crippen molar-refractivity contribution in [2.45, 2.75) is 32.4 Å². The third-order valence-corrected chi connectivity index (χ3v) is 3.05. The Hall–Kier alpha value is -1.58. The number of benzene rings is 2. The maximum Gasteiger partial charge on any atom is 0.127 e. The van der Waals surface area contributed by atoms with Gasteiger partial charge in [-0.05, 0) is 32.2 Å². The van der Waals surface area contributed by atoms with Crippen LogP contribution in [0.25, 0.3) is 10.8 Å². The molecule has 2 N–H and O–H groups in total. The second-order valence-electron chi connectivity index (χ2n) is 6.07. The largest absolute Gasteiger partial charge is 0.490 e. The van der Waals surface area contributed by atoms with Gasteiger partial charge in [-0.3, -0.25) is 0 Å². The molecule has 0 bridgehead atoms. The van der Waals surface area contributed by atoms with Crippen LogP contribution in [0.5, 0.6) is 5.75 Å². The molecule has 0 aliphatic heterocycles. The topological polar surface area (TPSA) is 41.5 Å². The Bertz CT molecular complexity index is 555. The molecule has 0 aliphatic carbocycles. The van der Waals surface area contributed by atoms with Crippen molar-refractivity contribution in [3.8, 4) is 5.75 Å². The van der Waals surface area contributed by atoms with E-state index in [0.29, 0.717) is 6.54 Å². The van der Waals surface area contributed by atoms with Gasteiger partial charge in [0, 0.05) is 17.5 Å². The second kappa shape index (κ2) is 6.25. The van der Waals surface area contributed by atoms with Crippen LogP contribution >= 0.6 is 0 Å². The number of β-amino-alcohol motifs (C(OH)–C–C–N with tert-alkyl or cyclic N) is 1. The summed E-state index contributed by atoms with van der Waals surface area (Å²) in [4.78, 5) is 0. The standard InChI is InChI=1S/C17H23NO2/c1-17(2,3)18-11-14(19)12-20-16-10-6-8-13-7-4-5-9-15(13)16/h4-10,14,18-19H,11-12H2,1-3H3/t14-/m1/s1. The van der Waals surface area contributed by atoms with Gasteiger partial charge in [-0.2, -0.15) is 0 Å². The lowest BCUT2D eigenvalue weighted by molar-refractivity contribution is 0.101.